The number of benzene rings is 1. The summed E-state index contributed by atoms with van der Waals surface area (Å²) < 4.78 is 1.21. The monoisotopic (exact) mass is 549 g/mol. The third-order valence-corrected chi connectivity index (χ3v) is 6.53. The van der Waals surface area contributed by atoms with Gasteiger partial charge < -0.3 is 15.5 Å². The Balaban J connectivity index is 0.00000261. The summed E-state index contributed by atoms with van der Waals surface area (Å²) in [5.74, 6) is 0.907. The normalized spacial score (nSPS) is 21.3. The highest BCUT2D eigenvalue weighted by Gasteiger charge is 2.45. The van der Waals surface area contributed by atoms with Gasteiger partial charge >= 0.3 is 0 Å². The predicted octanol–water partition coefficient (Wildman–Crippen LogP) is 2.90. The van der Waals surface area contributed by atoms with Crippen LogP contribution in [-0.2, 0) is 5.41 Å². The minimum atomic E-state index is 0. The van der Waals surface area contributed by atoms with Crippen molar-refractivity contribution in [1.29, 1.82) is 0 Å². The number of aliphatic imine (C=N–C) groups is 1. The molecule has 152 valence electrons. The van der Waals surface area contributed by atoms with E-state index in [9.17, 15) is 0 Å². The molecule has 1 atom stereocenters. The van der Waals surface area contributed by atoms with Crippen molar-refractivity contribution >= 4 is 45.9 Å². The molecule has 2 aliphatic rings. The molecule has 0 bridgehead atoms. The van der Waals surface area contributed by atoms with Gasteiger partial charge in [0.2, 0.25) is 0 Å². The van der Waals surface area contributed by atoms with Crippen LogP contribution in [0.15, 0.2) is 33.7 Å². The molecule has 1 aromatic rings. The van der Waals surface area contributed by atoms with Gasteiger partial charge in [-0.2, -0.15) is 0 Å². The van der Waals surface area contributed by atoms with E-state index in [0.717, 1.165) is 45.2 Å². The molecule has 1 aliphatic carbocycles. The Labute approximate surface area is 189 Å². The number of guanidine groups is 1. The molecule has 0 aromatic heterocycles. The number of nitrogens with one attached hydrogen (secondary N) is 2. The average molecular weight is 550 g/mol. The molecule has 1 heterocycles. The molecule has 3 rings (SSSR count). The number of halogens is 2. The molecule has 0 amide bonds. The van der Waals surface area contributed by atoms with Crippen molar-refractivity contribution in [3.63, 3.8) is 0 Å². The van der Waals surface area contributed by atoms with Crippen molar-refractivity contribution in [3.05, 3.63) is 34.3 Å². The van der Waals surface area contributed by atoms with Crippen LogP contribution in [0.3, 0.4) is 0 Å². The quantitative estimate of drug-likeness (QED) is 0.325. The van der Waals surface area contributed by atoms with Crippen molar-refractivity contribution < 1.29 is 0 Å². The second-order valence-corrected chi connectivity index (χ2v) is 8.61. The highest BCUT2D eigenvalue weighted by Crippen LogP contribution is 2.49. The van der Waals surface area contributed by atoms with E-state index in [1.165, 1.54) is 22.9 Å². The predicted molar refractivity (Wildman–Crippen MR) is 128 cm³/mol. The lowest BCUT2D eigenvalue weighted by Gasteiger charge is -2.36. The van der Waals surface area contributed by atoms with Crippen molar-refractivity contribution in [1.82, 2.24) is 20.4 Å². The van der Waals surface area contributed by atoms with Crippen LogP contribution in [0.2, 0.25) is 0 Å². The molecule has 2 fully saturated rings. The molecule has 1 saturated carbocycles. The van der Waals surface area contributed by atoms with E-state index in [1.807, 2.05) is 7.05 Å². The maximum absolute atomic E-state index is 4.42. The van der Waals surface area contributed by atoms with E-state index in [4.69, 9.17) is 0 Å². The van der Waals surface area contributed by atoms with E-state index in [1.54, 1.807) is 0 Å². The fourth-order valence-corrected chi connectivity index (χ4v) is 4.40. The molecule has 7 heteroatoms. The second kappa shape index (κ2) is 10.4. The van der Waals surface area contributed by atoms with Gasteiger partial charge in [0.1, 0.15) is 0 Å². The topological polar surface area (TPSA) is 42.9 Å². The fourth-order valence-electron chi connectivity index (χ4n) is 3.69. The van der Waals surface area contributed by atoms with Crippen LogP contribution in [0.1, 0.15) is 25.3 Å². The van der Waals surface area contributed by atoms with E-state index in [-0.39, 0.29) is 29.4 Å². The lowest BCUT2D eigenvalue weighted by atomic mass is 9.96. The van der Waals surface area contributed by atoms with Crippen molar-refractivity contribution in [2.45, 2.75) is 31.2 Å². The molecule has 1 aliphatic heterocycles. The Kier molecular flexibility index (Phi) is 8.83. The molecule has 1 aromatic carbocycles. The average Bonchev–Trinajstić information content (AvgIpc) is 3.43. The number of rotatable bonds is 6. The first-order valence-corrected chi connectivity index (χ1v) is 10.5. The van der Waals surface area contributed by atoms with E-state index in [0.29, 0.717) is 6.04 Å². The third-order valence-electron chi connectivity index (χ3n) is 5.84. The van der Waals surface area contributed by atoms with E-state index < -0.39 is 0 Å². The summed E-state index contributed by atoms with van der Waals surface area (Å²) >= 11 is 3.71. The number of hydrogen-bond acceptors (Lipinski definition) is 3. The first-order valence-electron chi connectivity index (χ1n) is 9.66. The number of piperazine rings is 1. The Bertz CT molecular complexity index is 627. The summed E-state index contributed by atoms with van der Waals surface area (Å²) in [7, 11) is 4.05. The van der Waals surface area contributed by atoms with Crippen LogP contribution >= 0.6 is 39.9 Å². The van der Waals surface area contributed by atoms with Gasteiger partial charge in [-0.1, -0.05) is 34.1 Å². The van der Waals surface area contributed by atoms with Gasteiger partial charge in [0, 0.05) is 62.2 Å². The SMILES string of the molecule is CN=C(NCC(C)N1CCN(C)CC1)NCC1(c2ccccc2Br)CC1.I. The summed E-state index contributed by atoms with van der Waals surface area (Å²) in [6.45, 7) is 8.77. The number of likely N-dealkylation sites (N-methyl/N-ethyl adjacent to an activating group) is 1. The largest absolute Gasteiger partial charge is 0.356 e. The van der Waals surface area contributed by atoms with Crippen molar-refractivity contribution in [3.8, 4) is 0 Å². The maximum atomic E-state index is 4.42. The molecule has 2 N–H and O–H groups in total. The Morgan fingerprint density at radius 3 is 2.44 bits per heavy atom. The van der Waals surface area contributed by atoms with Crippen LogP contribution < -0.4 is 10.6 Å². The van der Waals surface area contributed by atoms with Crippen LogP contribution in [0.25, 0.3) is 0 Å². The summed E-state index contributed by atoms with van der Waals surface area (Å²) in [6, 6.07) is 9.10. The lowest BCUT2D eigenvalue weighted by Crippen LogP contribution is -2.52. The van der Waals surface area contributed by atoms with E-state index >= 15 is 0 Å². The molecule has 0 spiro atoms. The number of nitrogens with zero attached hydrogens (tertiary/aromatic N) is 3. The maximum Gasteiger partial charge on any atom is 0.191 e. The highest BCUT2D eigenvalue weighted by atomic mass is 127. The second-order valence-electron chi connectivity index (χ2n) is 7.76. The smallest absolute Gasteiger partial charge is 0.191 e. The summed E-state index contributed by atoms with van der Waals surface area (Å²) in [6.07, 6.45) is 2.47. The number of hydrogen-bond donors (Lipinski definition) is 2. The van der Waals surface area contributed by atoms with Crippen molar-refractivity contribution in [2.75, 3.05) is 53.4 Å². The van der Waals surface area contributed by atoms with Gasteiger partial charge in [-0.3, -0.25) is 9.89 Å². The van der Waals surface area contributed by atoms with Crippen LogP contribution in [-0.4, -0.2) is 75.2 Å². The Hall–Kier alpha value is -0.380. The van der Waals surface area contributed by atoms with Gasteiger partial charge in [0.05, 0.1) is 0 Å². The molecule has 27 heavy (non-hydrogen) atoms. The Morgan fingerprint density at radius 2 is 1.85 bits per heavy atom. The minimum Gasteiger partial charge on any atom is -0.356 e. The van der Waals surface area contributed by atoms with Gasteiger partial charge in [-0.15, -0.1) is 24.0 Å². The summed E-state index contributed by atoms with van der Waals surface area (Å²) in [4.78, 5) is 9.38. The fraction of sp³-hybridized carbons (Fsp3) is 0.650. The highest BCUT2D eigenvalue weighted by molar-refractivity contribution is 14.0. The molecule has 1 unspecified atom stereocenters. The van der Waals surface area contributed by atoms with Crippen LogP contribution in [0.4, 0.5) is 0 Å². The molecular weight excluding hydrogens is 517 g/mol. The molecular formula is C20H33BrIN5. The van der Waals surface area contributed by atoms with Crippen LogP contribution in [0.5, 0.6) is 0 Å². The van der Waals surface area contributed by atoms with Gasteiger partial charge in [-0.05, 0) is 38.4 Å². The van der Waals surface area contributed by atoms with Gasteiger partial charge in [0.25, 0.3) is 0 Å². The molecule has 5 nitrogen and oxygen atoms in total. The zero-order valence-electron chi connectivity index (χ0n) is 16.7. The van der Waals surface area contributed by atoms with Gasteiger partial charge in [-0.25, -0.2) is 0 Å². The first kappa shape index (κ1) is 22.9. The lowest BCUT2D eigenvalue weighted by molar-refractivity contribution is 0.120. The third kappa shape index (κ3) is 6.05. The minimum absolute atomic E-state index is 0. The standard InChI is InChI=1S/C20H32BrN5.HI/c1-16(26-12-10-25(3)11-13-26)14-23-19(22-2)24-15-20(8-9-20)17-6-4-5-7-18(17)21;/h4-7,16H,8-15H2,1-3H3,(H2,22,23,24);1H. The Morgan fingerprint density at radius 1 is 1.19 bits per heavy atom. The van der Waals surface area contributed by atoms with Crippen LogP contribution in [0, 0.1) is 0 Å². The molecule has 1 saturated heterocycles. The van der Waals surface area contributed by atoms with Gasteiger partial charge in [0.15, 0.2) is 5.96 Å². The first-order chi connectivity index (χ1) is 12.5. The summed E-state index contributed by atoms with van der Waals surface area (Å²) in [5.41, 5.74) is 1.66. The summed E-state index contributed by atoms with van der Waals surface area (Å²) in [5, 5.41) is 7.07. The van der Waals surface area contributed by atoms with Crippen molar-refractivity contribution in [2.24, 2.45) is 4.99 Å². The molecule has 0 radical (unpaired) electrons. The van der Waals surface area contributed by atoms with E-state index in [2.05, 4.69) is 79.6 Å². The zero-order valence-corrected chi connectivity index (χ0v) is 20.6. The zero-order chi connectivity index (χ0) is 18.6.